The number of ether oxygens (including phenoxy) is 1. The number of hydrogen-bond donors (Lipinski definition) is 1. The summed E-state index contributed by atoms with van der Waals surface area (Å²) < 4.78 is 5.88. The summed E-state index contributed by atoms with van der Waals surface area (Å²) in [7, 11) is 0. The average Bonchev–Trinajstić information content (AvgIpc) is 2.53. The van der Waals surface area contributed by atoms with Crippen molar-refractivity contribution in [2.24, 2.45) is 5.92 Å². The first kappa shape index (κ1) is 15.9. The Kier molecular flexibility index (Phi) is 6.09. The number of hydrogen-bond acceptors (Lipinski definition) is 2. The molecule has 21 heavy (non-hydrogen) atoms. The van der Waals surface area contributed by atoms with Gasteiger partial charge in [-0.2, -0.15) is 0 Å². The molecule has 1 N–H and O–H groups in total. The van der Waals surface area contributed by atoms with E-state index in [1.165, 1.54) is 32.1 Å². The lowest BCUT2D eigenvalue weighted by Crippen LogP contribution is -2.40. The lowest BCUT2D eigenvalue weighted by atomic mass is 9.89. The Morgan fingerprint density at radius 3 is 2.67 bits per heavy atom. The Morgan fingerprint density at radius 2 is 2.00 bits per heavy atom. The zero-order valence-electron chi connectivity index (χ0n) is 13.2. The molecule has 0 saturated heterocycles. The maximum atomic E-state index is 12.3. The van der Waals surface area contributed by atoms with E-state index in [0.29, 0.717) is 12.3 Å². The molecule has 0 heterocycles. The molecule has 1 saturated carbocycles. The van der Waals surface area contributed by atoms with Crippen molar-refractivity contribution < 1.29 is 9.53 Å². The van der Waals surface area contributed by atoms with Gasteiger partial charge >= 0.3 is 0 Å². The SMILES string of the molecule is CC[C@@H](Oc1ccccc1C)C(=O)NCC1CCCCC1. The summed E-state index contributed by atoms with van der Waals surface area (Å²) in [5.74, 6) is 1.47. The van der Waals surface area contributed by atoms with Gasteiger partial charge in [-0.1, -0.05) is 44.4 Å². The molecule has 3 heteroatoms. The second kappa shape index (κ2) is 8.06. The van der Waals surface area contributed by atoms with Crippen LogP contribution in [-0.4, -0.2) is 18.6 Å². The number of rotatable bonds is 6. The van der Waals surface area contributed by atoms with Crippen LogP contribution >= 0.6 is 0 Å². The number of carbonyl (C=O) groups is 1. The van der Waals surface area contributed by atoms with Crippen LogP contribution in [0.3, 0.4) is 0 Å². The normalized spacial score (nSPS) is 17.2. The van der Waals surface area contributed by atoms with Crippen molar-refractivity contribution in [1.82, 2.24) is 5.32 Å². The van der Waals surface area contributed by atoms with E-state index in [9.17, 15) is 4.79 Å². The van der Waals surface area contributed by atoms with Gasteiger partial charge in [0.05, 0.1) is 0 Å². The van der Waals surface area contributed by atoms with Gasteiger partial charge in [0, 0.05) is 6.54 Å². The number of nitrogens with one attached hydrogen (secondary N) is 1. The number of para-hydroxylation sites is 1. The van der Waals surface area contributed by atoms with Gasteiger partial charge in [-0.15, -0.1) is 0 Å². The smallest absolute Gasteiger partial charge is 0.261 e. The Balaban J connectivity index is 1.85. The predicted octanol–water partition coefficient (Wildman–Crippen LogP) is 3.85. The number of amides is 1. The van der Waals surface area contributed by atoms with Gasteiger partial charge < -0.3 is 10.1 Å². The van der Waals surface area contributed by atoms with Crippen molar-refractivity contribution >= 4 is 5.91 Å². The highest BCUT2D eigenvalue weighted by Crippen LogP contribution is 2.23. The van der Waals surface area contributed by atoms with Crippen LogP contribution in [0.2, 0.25) is 0 Å². The van der Waals surface area contributed by atoms with Crippen LogP contribution < -0.4 is 10.1 Å². The van der Waals surface area contributed by atoms with Crippen LogP contribution in [0, 0.1) is 12.8 Å². The topological polar surface area (TPSA) is 38.3 Å². The third-order valence-corrected chi connectivity index (χ3v) is 4.32. The van der Waals surface area contributed by atoms with Gasteiger partial charge in [0.25, 0.3) is 5.91 Å². The molecule has 0 bridgehead atoms. The minimum atomic E-state index is -0.394. The molecule has 116 valence electrons. The lowest BCUT2D eigenvalue weighted by molar-refractivity contribution is -0.128. The zero-order valence-corrected chi connectivity index (χ0v) is 13.2. The summed E-state index contributed by atoms with van der Waals surface area (Å²) >= 11 is 0. The van der Waals surface area contributed by atoms with Crippen molar-refractivity contribution in [3.05, 3.63) is 29.8 Å². The first-order chi connectivity index (χ1) is 10.2. The van der Waals surface area contributed by atoms with Crippen molar-refractivity contribution in [1.29, 1.82) is 0 Å². The van der Waals surface area contributed by atoms with Gasteiger partial charge in [0.1, 0.15) is 5.75 Å². The number of carbonyl (C=O) groups excluding carboxylic acids is 1. The van der Waals surface area contributed by atoms with Gasteiger partial charge in [-0.25, -0.2) is 0 Å². The first-order valence-electron chi connectivity index (χ1n) is 8.20. The molecule has 0 aromatic heterocycles. The highest BCUT2D eigenvalue weighted by Gasteiger charge is 2.21. The highest BCUT2D eigenvalue weighted by atomic mass is 16.5. The van der Waals surface area contributed by atoms with Crippen LogP contribution in [-0.2, 0) is 4.79 Å². The fourth-order valence-electron chi connectivity index (χ4n) is 2.91. The Morgan fingerprint density at radius 1 is 1.29 bits per heavy atom. The second-order valence-electron chi connectivity index (χ2n) is 6.03. The maximum Gasteiger partial charge on any atom is 0.261 e. The summed E-state index contributed by atoms with van der Waals surface area (Å²) in [6, 6.07) is 7.84. The minimum Gasteiger partial charge on any atom is -0.480 e. The summed E-state index contributed by atoms with van der Waals surface area (Å²) in [6.45, 7) is 4.79. The molecule has 1 aromatic carbocycles. The van der Waals surface area contributed by atoms with Crippen molar-refractivity contribution in [3.8, 4) is 5.75 Å². The third-order valence-electron chi connectivity index (χ3n) is 4.32. The van der Waals surface area contributed by atoms with E-state index in [1.54, 1.807) is 0 Å². The van der Waals surface area contributed by atoms with Gasteiger partial charge in [0.2, 0.25) is 0 Å². The van der Waals surface area contributed by atoms with Crippen molar-refractivity contribution in [2.75, 3.05) is 6.54 Å². The fraction of sp³-hybridized carbons (Fsp3) is 0.611. The Labute approximate surface area is 128 Å². The quantitative estimate of drug-likeness (QED) is 0.864. The number of benzene rings is 1. The molecule has 0 unspecified atom stereocenters. The van der Waals surface area contributed by atoms with Crippen LogP contribution in [0.15, 0.2) is 24.3 Å². The molecule has 0 spiro atoms. The van der Waals surface area contributed by atoms with Crippen LogP contribution in [0.5, 0.6) is 5.75 Å². The van der Waals surface area contributed by atoms with Gasteiger partial charge in [-0.3, -0.25) is 4.79 Å². The van der Waals surface area contributed by atoms with Crippen LogP contribution in [0.1, 0.15) is 51.0 Å². The van der Waals surface area contributed by atoms with E-state index >= 15 is 0 Å². The summed E-state index contributed by atoms with van der Waals surface area (Å²) in [5, 5.41) is 3.08. The van der Waals surface area contributed by atoms with Crippen molar-refractivity contribution in [3.63, 3.8) is 0 Å². The molecule has 1 aromatic rings. The summed E-state index contributed by atoms with van der Waals surface area (Å²) in [4.78, 5) is 12.3. The molecule has 1 fully saturated rings. The second-order valence-corrected chi connectivity index (χ2v) is 6.03. The van der Waals surface area contributed by atoms with Gasteiger partial charge in [0.15, 0.2) is 6.10 Å². The Bertz CT molecular complexity index is 452. The molecule has 1 atom stereocenters. The fourth-order valence-corrected chi connectivity index (χ4v) is 2.91. The average molecular weight is 289 g/mol. The molecular formula is C18H27NO2. The maximum absolute atomic E-state index is 12.3. The lowest BCUT2D eigenvalue weighted by Gasteiger charge is -2.23. The van der Waals surface area contributed by atoms with Crippen LogP contribution in [0.25, 0.3) is 0 Å². The highest BCUT2D eigenvalue weighted by molar-refractivity contribution is 5.81. The monoisotopic (exact) mass is 289 g/mol. The molecular weight excluding hydrogens is 262 g/mol. The molecule has 1 aliphatic carbocycles. The first-order valence-corrected chi connectivity index (χ1v) is 8.20. The standard InChI is InChI=1S/C18H27NO2/c1-3-16(21-17-12-8-7-9-14(17)2)18(20)19-13-15-10-5-4-6-11-15/h7-9,12,15-16H,3-6,10-11,13H2,1-2H3,(H,19,20)/t16-/m1/s1. The third kappa shape index (κ3) is 4.76. The van der Waals surface area contributed by atoms with E-state index in [2.05, 4.69) is 5.32 Å². The van der Waals surface area contributed by atoms with E-state index in [-0.39, 0.29) is 5.91 Å². The van der Waals surface area contributed by atoms with E-state index in [1.807, 2.05) is 38.1 Å². The molecule has 2 rings (SSSR count). The Hall–Kier alpha value is -1.51. The molecule has 0 radical (unpaired) electrons. The summed E-state index contributed by atoms with van der Waals surface area (Å²) in [6.07, 6.45) is 6.73. The summed E-state index contributed by atoms with van der Waals surface area (Å²) in [5.41, 5.74) is 1.07. The van der Waals surface area contributed by atoms with Gasteiger partial charge in [-0.05, 0) is 43.7 Å². The number of aryl methyl sites for hydroxylation is 1. The van der Waals surface area contributed by atoms with E-state index in [0.717, 1.165) is 17.9 Å². The van der Waals surface area contributed by atoms with Crippen molar-refractivity contribution in [2.45, 2.75) is 58.5 Å². The molecule has 1 aliphatic rings. The van der Waals surface area contributed by atoms with E-state index in [4.69, 9.17) is 4.74 Å². The molecule has 0 aliphatic heterocycles. The largest absolute Gasteiger partial charge is 0.480 e. The minimum absolute atomic E-state index is 0.0197. The van der Waals surface area contributed by atoms with Crippen LogP contribution in [0.4, 0.5) is 0 Å². The molecule has 3 nitrogen and oxygen atoms in total. The predicted molar refractivity (Wildman–Crippen MR) is 85.5 cm³/mol. The van der Waals surface area contributed by atoms with E-state index < -0.39 is 6.10 Å². The molecule has 1 amide bonds. The zero-order chi connectivity index (χ0) is 15.1.